The van der Waals surface area contributed by atoms with Crippen molar-refractivity contribution < 1.29 is 0 Å². The highest BCUT2D eigenvalue weighted by molar-refractivity contribution is 5.98. The fourth-order valence-corrected chi connectivity index (χ4v) is 13.4. The first kappa shape index (κ1) is 58.3. The van der Waals surface area contributed by atoms with Crippen molar-refractivity contribution in [3.05, 3.63) is 400 Å². The second-order valence-electron chi connectivity index (χ2n) is 24.1. The lowest BCUT2D eigenvalue weighted by atomic mass is 9.98. The van der Waals surface area contributed by atoms with E-state index in [-0.39, 0.29) is 0 Å². The Morgan fingerprint density at radius 2 is 0.281 bits per heavy atom. The Labute approximate surface area is 562 Å². The van der Waals surface area contributed by atoms with Gasteiger partial charge in [0.15, 0.2) is 0 Å². The minimum atomic E-state index is 1.08. The van der Waals surface area contributed by atoms with Crippen LogP contribution in [0.2, 0.25) is 0 Å². The van der Waals surface area contributed by atoms with Crippen molar-refractivity contribution in [2.75, 3.05) is 19.6 Å². The molecule has 0 spiro atoms. The van der Waals surface area contributed by atoms with Crippen LogP contribution in [-0.4, -0.2) is 0 Å². The number of nitrogens with zero attached hydrogens (tertiary/aromatic N) is 4. The van der Waals surface area contributed by atoms with Crippen LogP contribution in [0.25, 0.3) is 77.2 Å². The molecule has 0 aliphatic heterocycles. The van der Waals surface area contributed by atoms with Gasteiger partial charge in [0.25, 0.3) is 0 Å². The monoisotopic (exact) mass is 1230 g/mol. The Morgan fingerprint density at radius 1 is 0.115 bits per heavy atom. The average molecular weight is 1230 g/mol. The van der Waals surface area contributed by atoms with E-state index in [0.717, 1.165) is 102 Å². The highest BCUT2D eigenvalue weighted by Gasteiger charge is 2.19. The summed E-state index contributed by atoms with van der Waals surface area (Å²) in [5.41, 5.74) is 24.8. The van der Waals surface area contributed by atoms with Crippen molar-refractivity contribution in [1.82, 2.24) is 0 Å². The Bertz CT molecular complexity index is 4910. The normalized spacial score (nSPS) is 11.1. The Kier molecular flexibility index (Phi) is 16.1. The van der Waals surface area contributed by atoms with Crippen LogP contribution in [0.3, 0.4) is 0 Å². The fraction of sp³-hybridized carbons (Fsp3) is 0. The lowest BCUT2D eigenvalue weighted by Gasteiger charge is -2.27. The Morgan fingerprint density at radius 3 is 0.500 bits per heavy atom. The van der Waals surface area contributed by atoms with Crippen LogP contribution in [0.4, 0.5) is 68.2 Å². The van der Waals surface area contributed by atoms with Crippen molar-refractivity contribution in [3.63, 3.8) is 0 Å². The molecule has 454 valence electrons. The molecule has 4 heteroatoms. The van der Waals surface area contributed by atoms with Crippen LogP contribution >= 0.6 is 0 Å². The molecule has 0 aliphatic carbocycles. The molecule has 0 saturated carbocycles. The van der Waals surface area contributed by atoms with Gasteiger partial charge in [-0.25, -0.2) is 0 Å². The zero-order valence-corrected chi connectivity index (χ0v) is 52.9. The number of fused-ring (bicyclic) bond motifs is 2. The minimum Gasteiger partial charge on any atom is -0.311 e. The maximum absolute atomic E-state index is 2.33. The number of para-hydroxylation sites is 4. The van der Waals surface area contributed by atoms with Gasteiger partial charge in [-0.3, -0.25) is 0 Å². The van der Waals surface area contributed by atoms with Crippen LogP contribution < -0.4 is 19.6 Å². The Balaban J connectivity index is 0.621. The standard InChI is InChI=1S/C92H66N4/c1-5-23-77(24-6-1)93(83-55-39-69(40-56-83)71-43-59-85(60-44-71)95(79-27-9-3-10-28-79)87-63-47-75(48-64-87)91-33-17-21-73-19-13-15-31-89(73)91)81-51-35-67(36-52-81)68-37-53-82(54-38-68)94(78-25-7-2-8-26-78)84-57-41-70(42-58-84)72-45-61-86(62-46-72)96(80-29-11-4-12-30-80)88-65-49-76(50-66-88)92-34-18-22-74-20-14-16-32-90(74)92/h1-66H. The van der Waals surface area contributed by atoms with Crippen LogP contribution in [0.15, 0.2) is 400 Å². The molecule has 0 atom stereocenters. The lowest BCUT2D eigenvalue weighted by Crippen LogP contribution is -2.10. The number of hydrogen-bond acceptors (Lipinski definition) is 4. The second kappa shape index (κ2) is 26.5. The molecular weight excluding hydrogens is 1160 g/mol. The summed E-state index contributed by atoms with van der Waals surface area (Å²) >= 11 is 0. The SMILES string of the molecule is c1ccc(N(c2ccc(-c3ccc(N(c4ccccc4)c4ccc(-c5ccc(N(c6ccccc6)c6ccc(-c7cccc8ccccc78)cc6)cc5)cc4)cc3)cc2)c2ccc(-c3ccc(N(c4ccccc4)c4ccc(-c5cccc6ccccc56)cc4)cc3)cc2)cc1. The van der Waals surface area contributed by atoms with Gasteiger partial charge in [0.05, 0.1) is 0 Å². The summed E-state index contributed by atoms with van der Waals surface area (Å²) in [6.07, 6.45) is 0. The topological polar surface area (TPSA) is 13.0 Å². The van der Waals surface area contributed by atoms with Crippen LogP contribution in [-0.2, 0) is 0 Å². The van der Waals surface area contributed by atoms with Gasteiger partial charge in [0, 0.05) is 68.2 Å². The molecule has 0 N–H and O–H groups in total. The highest BCUT2D eigenvalue weighted by Crippen LogP contribution is 2.43. The van der Waals surface area contributed by atoms with Crippen LogP contribution in [0, 0.1) is 0 Å². The minimum absolute atomic E-state index is 1.08. The van der Waals surface area contributed by atoms with E-state index in [0.29, 0.717) is 0 Å². The first-order valence-electron chi connectivity index (χ1n) is 32.8. The third kappa shape index (κ3) is 11.9. The third-order valence-electron chi connectivity index (χ3n) is 18.3. The molecule has 0 aromatic heterocycles. The molecular formula is C92H66N4. The van der Waals surface area contributed by atoms with Gasteiger partial charge in [-0.2, -0.15) is 0 Å². The summed E-state index contributed by atoms with van der Waals surface area (Å²) in [7, 11) is 0. The van der Waals surface area contributed by atoms with Crippen molar-refractivity contribution >= 4 is 89.8 Å². The first-order chi connectivity index (χ1) is 47.6. The van der Waals surface area contributed by atoms with E-state index in [1.807, 2.05) is 0 Å². The molecule has 16 aromatic rings. The summed E-state index contributed by atoms with van der Waals surface area (Å²) in [5, 5.41) is 5.00. The molecule has 0 amide bonds. The maximum atomic E-state index is 2.33. The van der Waals surface area contributed by atoms with Gasteiger partial charge < -0.3 is 19.6 Å². The lowest BCUT2D eigenvalue weighted by molar-refractivity contribution is 1.28. The predicted molar refractivity (Wildman–Crippen MR) is 407 cm³/mol. The quantitative estimate of drug-likeness (QED) is 0.0901. The molecule has 0 radical (unpaired) electrons. The molecule has 0 aliphatic rings. The van der Waals surface area contributed by atoms with Gasteiger partial charge in [0.2, 0.25) is 0 Å². The molecule has 0 bridgehead atoms. The van der Waals surface area contributed by atoms with Gasteiger partial charge in [0.1, 0.15) is 0 Å². The molecule has 16 aromatic carbocycles. The van der Waals surface area contributed by atoms with Crippen molar-refractivity contribution in [3.8, 4) is 55.6 Å². The predicted octanol–water partition coefficient (Wildman–Crippen LogP) is 26.2. The number of hydrogen-bond donors (Lipinski definition) is 0. The summed E-state index contributed by atoms with van der Waals surface area (Å²) in [5.74, 6) is 0. The van der Waals surface area contributed by atoms with Crippen molar-refractivity contribution in [2.45, 2.75) is 0 Å². The van der Waals surface area contributed by atoms with E-state index < -0.39 is 0 Å². The van der Waals surface area contributed by atoms with Crippen molar-refractivity contribution in [2.24, 2.45) is 0 Å². The molecule has 0 unspecified atom stereocenters. The number of benzene rings is 16. The number of anilines is 12. The molecule has 4 nitrogen and oxygen atoms in total. The number of rotatable bonds is 17. The van der Waals surface area contributed by atoms with E-state index in [4.69, 9.17) is 0 Å². The molecule has 0 heterocycles. The molecule has 96 heavy (non-hydrogen) atoms. The van der Waals surface area contributed by atoms with E-state index in [2.05, 4.69) is 420 Å². The zero-order valence-electron chi connectivity index (χ0n) is 52.9. The molecule has 0 fully saturated rings. The fourth-order valence-electron chi connectivity index (χ4n) is 13.4. The average Bonchev–Trinajstić information content (AvgIpc) is 1.21. The summed E-state index contributed by atoms with van der Waals surface area (Å²) < 4.78 is 0. The van der Waals surface area contributed by atoms with E-state index >= 15 is 0 Å². The van der Waals surface area contributed by atoms with E-state index in [9.17, 15) is 0 Å². The molecule has 0 saturated heterocycles. The highest BCUT2D eigenvalue weighted by atomic mass is 15.2. The second-order valence-corrected chi connectivity index (χ2v) is 24.1. The van der Waals surface area contributed by atoms with Gasteiger partial charge in [-0.05, 0) is 223 Å². The van der Waals surface area contributed by atoms with Crippen LogP contribution in [0.5, 0.6) is 0 Å². The van der Waals surface area contributed by atoms with E-state index in [1.54, 1.807) is 0 Å². The first-order valence-corrected chi connectivity index (χ1v) is 32.8. The summed E-state index contributed by atoms with van der Waals surface area (Å²) in [6, 6.07) is 144. The Hall–Kier alpha value is -12.8. The maximum Gasteiger partial charge on any atom is 0.0462 e. The third-order valence-corrected chi connectivity index (χ3v) is 18.3. The van der Waals surface area contributed by atoms with E-state index in [1.165, 1.54) is 43.8 Å². The zero-order chi connectivity index (χ0) is 64.0. The molecule has 16 rings (SSSR count). The van der Waals surface area contributed by atoms with Gasteiger partial charge in [-0.15, -0.1) is 0 Å². The van der Waals surface area contributed by atoms with Crippen LogP contribution in [0.1, 0.15) is 0 Å². The van der Waals surface area contributed by atoms with Gasteiger partial charge >= 0.3 is 0 Å². The summed E-state index contributed by atoms with van der Waals surface area (Å²) in [6.45, 7) is 0. The summed E-state index contributed by atoms with van der Waals surface area (Å²) in [4.78, 5) is 9.31. The van der Waals surface area contributed by atoms with Crippen molar-refractivity contribution in [1.29, 1.82) is 0 Å². The van der Waals surface area contributed by atoms with Gasteiger partial charge in [-0.1, -0.05) is 255 Å². The smallest absolute Gasteiger partial charge is 0.0462 e. The largest absolute Gasteiger partial charge is 0.311 e.